The molecule has 4 heterocycles. The van der Waals surface area contributed by atoms with Crippen molar-refractivity contribution in [3.05, 3.63) is 87.9 Å². The van der Waals surface area contributed by atoms with E-state index in [1.807, 2.05) is 86.8 Å². The Morgan fingerprint density at radius 1 is 0.947 bits per heavy atom. The molecule has 2 unspecified atom stereocenters. The quantitative estimate of drug-likeness (QED) is 0.155. The Labute approximate surface area is 339 Å². The highest BCUT2D eigenvalue weighted by Gasteiger charge is 2.51. The number of hydrogen-bond donors (Lipinski definition) is 3. The van der Waals surface area contributed by atoms with Gasteiger partial charge in [0.25, 0.3) is 0 Å². The maximum absolute atomic E-state index is 14.3. The molecule has 0 radical (unpaired) electrons. The molecule has 14 heteroatoms. The SMILES string of the molecule is CC(C)C[C@H](NC(=O)[C@H](Cc1ccccc1)N1C(=O)[C@@H](NC(=O)[C@H](CCc2ccccc2)NC(=O)Cc2csc(CN3CCOCC3)n2)CC1C)C(=O)C1(C)CO1. The number of aromatic nitrogens is 1. The third kappa shape index (κ3) is 11.6. The number of thiazole rings is 1. The average Bonchev–Trinajstić information content (AvgIpc) is 3.70. The molecule has 0 bridgehead atoms. The fourth-order valence-corrected chi connectivity index (χ4v) is 8.47. The van der Waals surface area contributed by atoms with Crippen LogP contribution in [0.5, 0.6) is 0 Å². The van der Waals surface area contributed by atoms with E-state index in [0.717, 1.165) is 29.2 Å². The molecular formula is C43H56N6O7S. The van der Waals surface area contributed by atoms with Crippen LogP contribution in [-0.2, 0) is 59.3 Å². The molecule has 3 saturated heterocycles. The number of carbonyl (C=O) groups excluding carboxylic acids is 5. The van der Waals surface area contributed by atoms with Gasteiger partial charge in [0, 0.05) is 30.9 Å². The molecule has 2 aromatic carbocycles. The molecule has 1 aromatic heterocycles. The first-order valence-electron chi connectivity index (χ1n) is 20.1. The summed E-state index contributed by atoms with van der Waals surface area (Å²) in [5.41, 5.74) is 1.58. The van der Waals surface area contributed by atoms with E-state index in [4.69, 9.17) is 9.47 Å². The van der Waals surface area contributed by atoms with Crippen LogP contribution in [-0.4, -0.2) is 113 Å². The third-order valence-corrected chi connectivity index (χ3v) is 11.8. The van der Waals surface area contributed by atoms with Crippen molar-refractivity contribution in [1.29, 1.82) is 0 Å². The van der Waals surface area contributed by atoms with Crippen LogP contribution in [0.1, 0.15) is 68.8 Å². The van der Waals surface area contributed by atoms with Gasteiger partial charge in [0.1, 0.15) is 28.7 Å². The topological polar surface area (TPSA) is 163 Å². The van der Waals surface area contributed by atoms with Crippen molar-refractivity contribution >= 4 is 40.7 Å². The van der Waals surface area contributed by atoms with Crippen LogP contribution < -0.4 is 16.0 Å². The zero-order valence-corrected chi connectivity index (χ0v) is 34.2. The maximum Gasteiger partial charge on any atom is 0.246 e. The fraction of sp³-hybridized carbons (Fsp3) is 0.535. The van der Waals surface area contributed by atoms with Crippen molar-refractivity contribution < 1.29 is 33.4 Å². The fourth-order valence-electron chi connectivity index (χ4n) is 7.64. The lowest BCUT2D eigenvalue weighted by Gasteiger charge is -2.33. The number of likely N-dealkylation sites (tertiary alicyclic amines) is 1. The lowest BCUT2D eigenvalue weighted by Crippen LogP contribution is -2.57. The second-order valence-electron chi connectivity index (χ2n) is 16.1. The number of carbonyl (C=O) groups is 5. The molecule has 0 spiro atoms. The number of ether oxygens (including phenoxy) is 2. The van der Waals surface area contributed by atoms with Gasteiger partial charge >= 0.3 is 0 Å². The summed E-state index contributed by atoms with van der Waals surface area (Å²) in [4.78, 5) is 78.0. The minimum Gasteiger partial charge on any atom is -0.379 e. The molecule has 306 valence electrons. The molecule has 0 aliphatic carbocycles. The maximum atomic E-state index is 14.3. The third-order valence-electron chi connectivity index (χ3n) is 10.9. The zero-order chi connectivity index (χ0) is 40.5. The Morgan fingerprint density at radius 2 is 1.61 bits per heavy atom. The largest absolute Gasteiger partial charge is 0.379 e. The Kier molecular flexibility index (Phi) is 14.3. The number of nitrogens with zero attached hydrogens (tertiary/aromatic N) is 3. The number of aryl methyl sites for hydroxylation is 1. The van der Waals surface area contributed by atoms with Crippen molar-refractivity contribution in [3.63, 3.8) is 0 Å². The van der Waals surface area contributed by atoms with Gasteiger partial charge in [-0.15, -0.1) is 11.3 Å². The number of morpholine rings is 1. The van der Waals surface area contributed by atoms with Crippen molar-refractivity contribution in [2.24, 2.45) is 5.92 Å². The highest BCUT2D eigenvalue weighted by molar-refractivity contribution is 7.09. The summed E-state index contributed by atoms with van der Waals surface area (Å²) in [5.74, 6) is -1.69. The van der Waals surface area contributed by atoms with Crippen molar-refractivity contribution in [3.8, 4) is 0 Å². The van der Waals surface area contributed by atoms with Gasteiger partial charge in [-0.05, 0) is 56.6 Å². The number of ketones is 1. The van der Waals surface area contributed by atoms with Crippen LogP contribution in [0.2, 0.25) is 0 Å². The standard InChI is InChI=1S/C43H56N6O7S/c1-28(2)21-34(39(51)43(4)27-56-43)46-41(53)36(23-31-13-9-6-10-14-31)49-29(3)22-35(42(49)54)47-40(52)33(16-15-30-11-7-5-8-12-30)45-37(50)24-32-26-57-38(44-32)25-48-17-19-55-20-18-48/h5-14,26,28-29,33-36H,15-25,27H2,1-4H3,(H,45,50)(H,46,53)(H,47,52)/t29?,33-,34-,35-,36-,43?/m0/s1. The minimum absolute atomic E-state index is 0.0176. The van der Waals surface area contributed by atoms with Gasteiger partial charge in [0.15, 0.2) is 5.78 Å². The Hall–Kier alpha value is -4.50. The molecule has 0 saturated carbocycles. The molecule has 3 N–H and O–H groups in total. The molecule has 3 fully saturated rings. The monoisotopic (exact) mass is 800 g/mol. The second-order valence-corrected chi connectivity index (χ2v) is 17.1. The molecule has 6 atom stereocenters. The van der Waals surface area contributed by atoms with E-state index in [9.17, 15) is 24.0 Å². The van der Waals surface area contributed by atoms with Gasteiger partial charge in [0.2, 0.25) is 23.6 Å². The van der Waals surface area contributed by atoms with E-state index >= 15 is 0 Å². The number of epoxide rings is 1. The summed E-state index contributed by atoms with van der Waals surface area (Å²) in [7, 11) is 0. The van der Waals surface area contributed by atoms with Crippen LogP contribution in [0.25, 0.3) is 0 Å². The predicted octanol–water partition coefficient (Wildman–Crippen LogP) is 3.24. The highest BCUT2D eigenvalue weighted by atomic mass is 32.1. The van der Waals surface area contributed by atoms with Crippen LogP contribution in [0.3, 0.4) is 0 Å². The van der Waals surface area contributed by atoms with Gasteiger partial charge in [0.05, 0.1) is 44.5 Å². The Morgan fingerprint density at radius 3 is 2.26 bits per heavy atom. The van der Waals surface area contributed by atoms with Crippen molar-refractivity contribution in [1.82, 2.24) is 30.7 Å². The molecular weight excluding hydrogens is 745 g/mol. The van der Waals surface area contributed by atoms with Gasteiger partial charge in [-0.3, -0.25) is 28.9 Å². The van der Waals surface area contributed by atoms with Gasteiger partial charge in [-0.25, -0.2) is 4.98 Å². The number of Topliss-reactive ketones (excluding diaryl/α,β-unsaturated/α-hetero) is 1. The van der Waals surface area contributed by atoms with Gasteiger partial charge < -0.3 is 30.3 Å². The number of rotatable bonds is 19. The van der Waals surface area contributed by atoms with E-state index in [0.29, 0.717) is 51.3 Å². The normalized spacial score (nSPS) is 22.5. The number of hydrogen-bond acceptors (Lipinski definition) is 10. The van der Waals surface area contributed by atoms with E-state index < -0.39 is 47.6 Å². The van der Waals surface area contributed by atoms with Crippen molar-refractivity contribution in [2.75, 3.05) is 32.9 Å². The van der Waals surface area contributed by atoms with Gasteiger partial charge in [-0.1, -0.05) is 74.5 Å². The summed E-state index contributed by atoms with van der Waals surface area (Å²) in [6.07, 6.45) is 1.78. The molecule has 6 rings (SSSR count). The van der Waals surface area contributed by atoms with Crippen LogP contribution >= 0.6 is 11.3 Å². The minimum atomic E-state index is -0.938. The summed E-state index contributed by atoms with van der Waals surface area (Å²) >= 11 is 1.51. The van der Waals surface area contributed by atoms with E-state index in [-0.39, 0.29) is 42.8 Å². The number of amides is 4. The second kappa shape index (κ2) is 19.3. The summed E-state index contributed by atoms with van der Waals surface area (Å²) in [6.45, 7) is 11.6. The molecule has 3 aliphatic heterocycles. The van der Waals surface area contributed by atoms with E-state index in [1.165, 1.54) is 11.3 Å². The molecule has 4 amide bonds. The van der Waals surface area contributed by atoms with Crippen LogP contribution in [0, 0.1) is 5.92 Å². The predicted molar refractivity (Wildman–Crippen MR) is 216 cm³/mol. The Bertz CT molecular complexity index is 1850. The first kappa shape index (κ1) is 42.1. The summed E-state index contributed by atoms with van der Waals surface area (Å²) < 4.78 is 10.9. The highest BCUT2D eigenvalue weighted by Crippen LogP contribution is 2.30. The average molecular weight is 801 g/mol. The lowest BCUT2D eigenvalue weighted by molar-refractivity contribution is -0.142. The van der Waals surface area contributed by atoms with Crippen molar-refractivity contribution in [2.45, 2.75) is 109 Å². The lowest BCUT2D eigenvalue weighted by atomic mass is 9.92. The molecule has 57 heavy (non-hydrogen) atoms. The smallest absolute Gasteiger partial charge is 0.246 e. The van der Waals surface area contributed by atoms with E-state index in [2.05, 4.69) is 25.8 Å². The first-order chi connectivity index (χ1) is 27.4. The first-order valence-corrected chi connectivity index (χ1v) is 21.0. The molecule has 3 aromatic rings. The number of nitrogens with one attached hydrogen (secondary N) is 3. The summed E-state index contributed by atoms with van der Waals surface area (Å²) in [6, 6.07) is 15.2. The van der Waals surface area contributed by atoms with E-state index in [1.54, 1.807) is 11.8 Å². The summed E-state index contributed by atoms with van der Waals surface area (Å²) in [5, 5.41) is 11.7. The zero-order valence-electron chi connectivity index (χ0n) is 33.4. The Balaban J connectivity index is 1.15. The molecule has 3 aliphatic rings. The van der Waals surface area contributed by atoms with Crippen LogP contribution in [0.15, 0.2) is 66.0 Å². The van der Waals surface area contributed by atoms with Crippen LogP contribution in [0.4, 0.5) is 0 Å². The number of benzene rings is 2. The molecule has 13 nitrogen and oxygen atoms in total. The van der Waals surface area contributed by atoms with Gasteiger partial charge in [-0.2, -0.15) is 0 Å².